The van der Waals surface area contributed by atoms with Gasteiger partial charge in [-0.1, -0.05) is 24.3 Å². The molecule has 0 saturated carbocycles. The summed E-state index contributed by atoms with van der Waals surface area (Å²) in [7, 11) is 0. The number of fused-ring (bicyclic) bond motifs is 1. The smallest absolute Gasteiger partial charge is 0.139 e. The van der Waals surface area contributed by atoms with E-state index in [2.05, 4.69) is 29.3 Å². The van der Waals surface area contributed by atoms with Gasteiger partial charge in [0.15, 0.2) is 0 Å². The predicted octanol–water partition coefficient (Wildman–Crippen LogP) is 3.46. The van der Waals surface area contributed by atoms with Crippen LogP contribution in [0.4, 0.5) is 0 Å². The molecule has 3 heteroatoms. The molecule has 0 N–H and O–H groups in total. The first-order valence-corrected chi connectivity index (χ1v) is 6.47. The van der Waals surface area contributed by atoms with Gasteiger partial charge in [0.25, 0.3) is 0 Å². The van der Waals surface area contributed by atoms with Crippen molar-refractivity contribution in [2.45, 2.75) is 32.4 Å². The molecule has 0 bridgehead atoms. The molecule has 1 aliphatic heterocycles. The number of imidazole rings is 1. The van der Waals surface area contributed by atoms with Gasteiger partial charge in [0, 0.05) is 13.2 Å². The lowest BCUT2D eigenvalue weighted by Crippen LogP contribution is -2.09. The highest BCUT2D eigenvalue weighted by atomic mass is 16.5. The topological polar surface area (TPSA) is 27.1 Å². The average molecular weight is 242 g/mol. The van der Waals surface area contributed by atoms with Crippen molar-refractivity contribution >= 4 is 11.0 Å². The van der Waals surface area contributed by atoms with E-state index in [0.717, 1.165) is 42.9 Å². The fourth-order valence-corrected chi connectivity index (χ4v) is 2.56. The monoisotopic (exact) mass is 242 g/mol. The fourth-order valence-electron chi connectivity index (χ4n) is 2.56. The molecule has 0 amide bonds. The van der Waals surface area contributed by atoms with Crippen molar-refractivity contribution in [2.75, 3.05) is 6.61 Å². The summed E-state index contributed by atoms with van der Waals surface area (Å²) in [6.07, 6.45) is 2.34. The molecule has 2 heterocycles. The maximum absolute atomic E-state index is 5.78. The third-order valence-electron chi connectivity index (χ3n) is 3.33. The summed E-state index contributed by atoms with van der Waals surface area (Å²) >= 11 is 0. The van der Waals surface area contributed by atoms with Gasteiger partial charge in [-0.2, -0.15) is 0 Å². The predicted molar refractivity (Wildman–Crippen MR) is 72.5 cm³/mol. The number of allylic oxidation sites excluding steroid dienone is 1. The molecule has 1 aliphatic rings. The van der Waals surface area contributed by atoms with Crippen LogP contribution in [-0.2, 0) is 11.3 Å². The minimum Gasteiger partial charge on any atom is -0.370 e. The van der Waals surface area contributed by atoms with E-state index in [9.17, 15) is 0 Å². The van der Waals surface area contributed by atoms with Gasteiger partial charge in [-0.05, 0) is 31.9 Å². The third-order valence-corrected chi connectivity index (χ3v) is 3.33. The zero-order chi connectivity index (χ0) is 12.5. The molecule has 1 aromatic carbocycles. The summed E-state index contributed by atoms with van der Waals surface area (Å²) in [6, 6.07) is 8.25. The van der Waals surface area contributed by atoms with Crippen LogP contribution in [0.1, 0.15) is 31.7 Å². The number of hydrogen-bond donors (Lipinski definition) is 0. The number of hydrogen-bond acceptors (Lipinski definition) is 2. The molecule has 18 heavy (non-hydrogen) atoms. The summed E-state index contributed by atoms with van der Waals surface area (Å²) in [5, 5.41) is 0. The van der Waals surface area contributed by atoms with Crippen molar-refractivity contribution < 1.29 is 4.74 Å². The Morgan fingerprint density at radius 1 is 1.50 bits per heavy atom. The molecule has 1 saturated heterocycles. The molecule has 0 aliphatic carbocycles. The van der Waals surface area contributed by atoms with E-state index < -0.39 is 0 Å². The van der Waals surface area contributed by atoms with Gasteiger partial charge in [-0.15, -0.1) is 0 Å². The van der Waals surface area contributed by atoms with Gasteiger partial charge in [0.1, 0.15) is 11.9 Å². The van der Waals surface area contributed by atoms with Crippen LogP contribution in [-0.4, -0.2) is 16.2 Å². The fraction of sp³-hybridized carbons (Fsp3) is 0.400. The first-order chi connectivity index (χ1) is 8.75. The van der Waals surface area contributed by atoms with Crippen LogP contribution in [0.15, 0.2) is 36.4 Å². The molecule has 94 valence electrons. The first-order valence-electron chi connectivity index (χ1n) is 6.47. The average Bonchev–Trinajstić information content (AvgIpc) is 2.96. The Morgan fingerprint density at radius 2 is 2.33 bits per heavy atom. The molecule has 1 fully saturated rings. The first kappa shape index (κ1) is 11.5. The Bertz CT molecular complexity index is 579. The number of rotatable bonds is 3. The van der Waals surface area contributed by atoms with Crippen LogP contribution < -0.4 is 0 Å². The zero-order valence-electron chi connectivity index (χ0n) is 10.7. The molecule has 1 unspecified atom stereocenters. The molecule has 0 radical (unpaired) electrons. The molecular weight excluding hydrogens is 224 g/mol. The van der Waals surface area contributed by atoms with Crippen molar-refractivity contribution in [2.24, 2.45) is 0 Å². The number of benzene rings is 1. The number of nitrogens with zero attached hydrogens (tertiary/aromatic N) is 2. The highest BCUT2D eigenvalue weighted by Gasteiger charge is 2.24. The van der Waals surface area contributed by atoms with Crippen molar-refractivity contribution in [1.82, 2.24) is 9.55 Å². The Balaban J connectivity index is 2.12. The molecule has 1 aromatic heterocycles. The van der Waals surface area contributed by atoms with Crippen molar-refractivity contribution in [1.29, 1.82) is 0 Å². The Kier molecular flexibility index (Phi) is 2.92. The minimum absolute atomic E-state index is 0.150. The Hall–Kier alpha value is -1.61. The van der Waals surface area contributed by atoms with E-state index in [1.54, 1.807) is 0 Å². The molecule has 3 nitrogen and oxygen atoms in total. The van der Waals surface area contributed by atoms with E-state index in [-0.39, 0.29) is 6.10 Å². The Morgan fingerprint density at radius 3 is 3.06 bits per heavy atom. The van der Waals surface area contributed by atoms with E-state index in [1.165, 1.54) is 5.52 Å². The lowest BCUT2D eigenvalue weighted by atomic mass is 10.2. The second-order valence-corrected chi connectivity index (χ2v) is 5.00. The van der Waals surface area contributed by atoms with Crippen LogP contribution >= 0.6 is 0 Å². The van der Waals surface area contributed by atoms with Crippen LogP contribution in [0.25, 0.3) is 11.0 Å². The lowest BCUT2D eigenvalue weighted by Gasteiger charge is -2.13. The van der Waals surface area contributed by atoms with Crippen LogP contribution in [0.2, 0.25) is 0 Å². The summed E-state index contributed by atoms with van der Waals surface area (Å²) in [4.78, 5) is 4.74. The molecule has 0 spiro atoms. The van der Waals surface area contributed by atoms with Gasteiger partial charge >= 0.3 is 0 Å². The van der Waals surface area contributed by atoms with E-state index in [1.807, 2.05) is 13.0 Å². The highest BCUT2D eigenvalue weighted by Crippen LogP contribution is 2.30. The molecule has 2 aromatic rings. The third kappa shape index (κ3) is 1.95. The zero-order valence-corrected chi connectivity index (χ0v) is 10.7. The number of ether oxygens (including phenoxy) is 1. The summed E-state index contributed by atoms with van der Waals surface area (Å²) in [6.45, 7) is 7.73. The number of para-hydroxylation sites is 2. The minimum atomic E-state index is 0.150. The summed E-state index contributed by atoms with van der Waals surface area (Å²) in [5.41, 5.74) is 3.35. The van der Waals surface area contributed by atoms with Crippen molar-refractivity contribution in [3.8, 4) is 0 Å². The van der Waals surface area contributed by atoms with E-state index >= 15 is 0 Å². The largest absolute Gasteiger partial charge is 0.370 e. The molecule has 3 rings (SSSR count). The van der Waals surface area contributed by atoms with E-state index in [4.69, 9.17) is 9.72 Å². The maximum atomic E-state index is 5.78. The lowest BCUT2D eigenvalue weighted by molar-refractivity contribution is 0.103. The summed E-state index contributed by atoms with van der Waals surface area (Å²) < 4.78 is 8.02. The van der Waals surface area contributed by atoms with Crippen molar-refractivity contribution in [3.63, 3.8) is 0 Å². The van der Waals surface area contributed by atoms with Crippen LogP contribution in [0.5, 0.6) is 0 Å². The second kappa shape index (κ2) is 4.58. The van der Waals surface area contributed by atoms with Gasteiger partial charge in [-0.25, -0.2) is 4.98 Å². The van der Waals surface area contributed by atoms with Gasteiger partial charge in [0.2, 0.25) is 0 Å². The Labute approximate surface area is 107 Å². The molecule has 1 atom stereocenters. The van der Waals surface area contributed by atoms with Crippen LogP contribution in [0, 0.1) is 0 Å². The van der Waals surface area contributed by atoms with Gasteiger partial charge in [-0.3, -0.25) is 0 Å². The van der Waals surface area contributed by atoms with Gasteiger partial charge < -0.3 is 9.30 Å². The van der Waals surface area contributed by atoms with Gasteiger partial charge in [0.05, 0.1) is 11.0 Å². The highest BCUT2D eigenvalue weighted by molar-refractivity contribution is 5.76. The maximum Gasteiger partial charge on any atom is 0.139 e. The van der Waals surface area contributed by atoms with Crippen molar-refractivity contribution in [3.05, 3.63) is 42.2 Å². The standard InChI is InChI=1S/C15H18N2O/c1-11(2)10-17-13-7-4-3-6-12(13)16-15(17)14-8-5-9-18-14/h3-4,6-7,14H,1,5,8-10H2,2H3. The van der Waals surface area contributed by atoms with E-state index in [0.29, 0.717) is 0 Å². The number of aromatic nitrogens is 2. The SMILES string of the molecule is C=C(C)Cn1c(C2CCCO2)nc2ccccc21. The quantitative estimate of drug-likeness (QED) is 0.771. The van der Waals surface area contributed by atoms with Crippen LogP contribution in [0.3, 0.4) is 0 Å². The normalized spacial score (nSPS) is 19.5. The molecular formula is C15H18N2O. The summed E-state index contributed by atoms with van der Waals surface area (Å²) in [5.74, 6) is 1.05. The second-order valence-electron chi connectivity index (χ2n) is 5.00.